The number of hydrogen-bond acceptors (Lipinski definition) is 4. The van der Waals surface area contributed by atoms with Crippen LogP contribution < -0.4 is 10.4 Å². The zero-order valence-corrected chi connectivity index (χ0v) is 10.3. The summed E-state index contributed by atoms with van der Waals surface area (Å²) >= 11 is 0. The van der Waals surface area contributed by atoms with Gasteiger partial charge in [0.05, 0.1) is 6.26 Å². The Balaban J connectivity index is 2.06. The van der Waals surface area contributed by atoms with Crippen LogP contribution in [0.15, 0.2) is 41.0 Å². The molecule has 0 unspecified atom stereocenters. The first-order valence-electron chi connectivity index (χ1n) is 5.70. The molecule has 2 aromatic rings. The Morgan fingerprint density at radius 3 is 2.42 bits per heavy atom. The van der Waals surface area contributed by atoms with Gasteiger partial charge in [-0.1, -0.05) is 12.1 Å². The lowest BCUT2D eigenvalue weighted by Gasteiger charge is -2.06. The molecule has 0 aliphatic rings. The Morgan fingerprint density at radius 2 is 1.89 bits per heavy atom. The lowest BCUT2D eigenvalue weighted by atomic mass is 10.1. The summed E-state index contributed by atoms with van der Waals surface area (Å²) in [6.07, 6.45) is 1.30. The minimum Gasteiger partial charge on any atom is -0.550 e. The van der Waals surface area contributed by atoms with Crippen molar-refractivity contribution in [3.63, 3.8) is 0 Å². The molecule has 1 heterocycles. The van der Waals surface area contributed by atoms with Crippen LogP contribution in [0.3, 0.4) is 0 Å². The van der Waals surface area contributed by atoms with Crippen molar-refractivity contribution in [1.82, 2.24) is 0 Å². The molecule has 0 spiro atoms. The molecule has 0 saturated carbocycles. The molecule has 98 valence electrons. The molecule has 5 nitrogen and oxygen atoms in total. The van der Waals surface area contributed by atoms with Gasteiger partial charge in [0.25, 0.3) is 5.91 Å². The average molecular weight is 258 g/mol. The van der Waals surface area contributed by atoms with E-state index in [1.807, 2.05) is 0 Å². The van der Waals surface area contributed by atoms with E-state index in [4.69, 9.17) is 4.42 Å². The van der Waals surface area contributed by atoms with Crippen molar-refractivity contribution in [3.05, 3.63) is 53.5 Å². The number of benzene rings is 1. The zero-order valence-electron chi connectivity index (χ0n) is 10.3. The van der Waals surface area contributed by atoms with Crippen LogP contribution in [-0.2, 0) is 11.2 Å². The fraction of sp³-hybridized carbons (Fsp3) is 0.143. The lowest BCUT2D eigenvalue weighted by Crippen LogP contribution is -2.24. The van der Waals surface area contributed by atoms with Crippen LogP contribution in [0.4, 0.5) is 5.69 Å². The maximum Gasteiger partial charge on any atom is 0.291 e. The first kappa shape index (κ1) is 12.9. The van der Waals surface area contributed by atoms with Crippen LogP contribution in [-0.4, -0.2) is 11.9 Å². The van der Waals surface area contributed by atoms with Crippen LogP contribution in [0.25, 0.3) is 0 Å². The van der Waals surface area contributed by atoms with Crippen LogP contribution in [0, 0.1) is 6.92 Å². The highest BCUT2D eigenvalue weighted by atomic mass is 16.4. The van der Waals surface area contributed by atoms with Crippen molar-refractivity contribution in [2.75, 3.05) is 5.32 Å². The normalized spacial score (nSPS) is 10.2. The molecular formula is C14H12NO4-. The third-order valence-electron chi connectivity index (χ3n) is 2.63. The van der Waals surface area contributed by atoms with E-state index in [1.54, 1.807) is 37.3 Å². The molecule has 0 fully saturated rings. The van der Waals surface area contributed by atoms with Crippen molar-refractivity contribution in [2.45, 2.75) is 13.3 Å². The summed E-state index contributed by atoms with van der Waals surface area (Å²) in [5.41, 5.74) is 1.95. The Hall–Kier alpha value is -2.56. The van der Waals surface area contributed by atoms with Gasteiger partial charge in [0.2, 0.25) is 0 Å². The number of carbonyl (C=O) groups excluding carboxylic acids is 2. The molecule has 1 amide bonds. The van der Waals surface area contributed by atoms with E-state index >= 15 is 0 Å². The summed E-state index contributed by atoms with van der Waals surface area (Å²) in [6, 6.07) is 8.22. The van der Waals surface area contributed by atoms with Gasteiger partial charge in [0.15, 0.2) is 5.76 Å². The molecule has 0 aliphatic heterocycles. The van der Waals surface area contributed by atoms with Gasteiger partial charge in [-0.2, -0.15) is 0 Å². The van der Waals surface area contributed by atoms with Crippen LogP contribution in [0.1, 0.15) is 21.7 Å². The van der Waals surface area contributed by atoms with Gasteiger partial charge in [0, 0.05) is 23.6 Å². The minimum atomic E-state index is -1.14. The second-order valence-electron chi connectivity index (χ2n) is 4.13. The Labute approximate surface area is 109 Å². The molecule has 0 bridgehead atoms. The average Bonchev–Trinajstić information content (AvgIpc) is 2.77. The summed E-state index contributed by atoms with van der Waals surface area (Å²) in [5, 5.41) is 13.1. The molecule has 1 aromatic heterocycles. The number of carboxylic acid groups (broad SMARTS) is 1. The fourth-order valence-electron chi connectivity index (χ4n) is 1.67. The molecule has 5 heteroatoms. The van der Waals surface area contributed by atoms with E-state index in [-0.39, 0.29) is 18.1 Å². The predicted molar refractivity (Wildman–Crippen MR) is 66.6 cm³/mol. The Bertz CT molecular complexity index is 598. The SMILES string of the molecule is Cc1ccoc1C(=O)Nc1ccc(CC(=O)[O-])cc1. The van der Waals surface area contributed by atoms with Crippen molar-refractivity contribution in [3.8, 4) is 0 Å². The maximum absolute atomic E-state index is 11.8. The number of aliphatic carboxylic acids is 1. The van der Waals surface area contributed by atoms with Crippen LogP contribution in [0.2, 0.25) is 0 Å². The Morgan fingerprint density at radius 1 is 1.21 bits per heavy atom. The summed E-state index contributed by atoms with van der Waals surface area (Å²) in [4.78, 5) is 22.3. The van der Waals surface area contributed by atoms with Crippen LogP contribution in [0.5, 0.6) is 0 Å². The highest BCUT2D eigenvalue weighted by Crippen LogP contribution is 2.14. The van der Waals surface area contributed by atoms with Crippen molar-refractivity contribution < 1.29 is 19.1 Å². The largest absolute Gasteiger partial charge is 0.550 e. The lowest BCUT2D eigenvalue weighted by molar-refractivity contribution is -0.304. The minimum absolute atomic E-state index is 0.147. The molecule has 19 heavy (non-hydrogen) atoms. The van der Waals surface area contributed by atoms with Crippen molar-refractivity contribution >= 4 is 17.6 Å². The van der Waals surface area contributed by atoms with Gasteiger partial charge in [-0.15, -0.1) is 0 Å². The molecule has 0 aliphatic carbocycles. The molecule has 0 radical (unpaired) electrons. The smallest absolute Gasteiger partial charge is 0.291 e. The monoisotopic (exact) mass is 258 g/mol. The van der Waals surface area contributed by atoms with E-state index in [0.29, 0.717) is 11.3 Å². The molecule has 1 N–H and O–H groups in total. The van der Waals surface area contributed by atoms with Crippen molar-refractivity contribution in [1.29, 1.82) is 0 Å². The van der Waals surface area contributed by atoms with E-state index in [9.17, 15) is 14.7 Å². The summed E-state index contributed by atoms with van der Waals surface area (Å²) in [7, 11) is 0. The topological polar surface area (TPSA) is 82.4 Å². The van der Waals surface area contributed by atoms with E-state index in [0.717, 1.165) is 5.56 Å². The van der Waals surface area contributed by atoms with Crippen LogP contribution >= 0.6 is 0 Å². The number of furan rings is 1. The summed E-state index contributed by atoms with van der Waals surface area (Å²) < 4.78 is 5.08. The quantitative estimate of drug-likeness (QED) is 0.891. The number of anilines is 1. The zero-order chi connectivity index (χ0) is 13.8. The standard InChI is InChI=1S/C14H13NO4/c1-9-6-7-19-13(9)14(18)15-11-4-2-10(3-5-11)8-12(16)17/h2-7H,8H2,1H3,(H,15,18)(H,16,17)/p-1. The van der Waals surface area contributed by atoms with Gasteiger partial charge in [-0.05, 0) is 30.7 Å². The van der Waals surface area contributed by atoms with Gasteiger partial charge >= 0.3 is 0 Å². The van der Waals surface area contributed by atoms with Gasteiger partial charge in [0.1, 0.15) is 0 Å². The van der Waals surface area contributed by atoms with Gasteiger partial charge in [-0.25, -0.2) is 0 Å². The van der Waals surface area contributed by atoms with Gasteiger partial charge in [-0.3, -0.25) is 4.79 Å². The third-order valence-corrected chi connectivity index (χ3v) is 2.63. The highest BCUT2D eigenvalue weighted by Gasteiger charge is 2.12. The van der Waals surface area contributed by atoms with E-state index < -0.39 is 5.97 Å². The number of carbonyl (C=O) groups is 2. The van der Waals surface area contributed by atoms with Gasteiger partial charge < -0.3 is 19.6 Å². The number of aryl methyl sites for hydroxylation is 1. The third kappa shape index (κ3) is 3.22. The number of amides is 1. The molecule has 2 rings (SSSR count). The predicted octanol–water partition coefficient (Wildman–Crippen LogP) is 1.13. The number of nitrogens with one attached hydrogen (secondary N) is 1. The number of carboxylic acids is 1. The first-order valence-corrected chi connectivity index (χ1v) is 5.70. The first-order chi connectivity index (χ1) is 9.06. The molecule has 0 saturated heterocycles. The molecule has 0 atom stereocenters. The maximum atomic E-state index is 11.8. The van der Waals surface area contributed by atoms with E-state index in [1.165, 1.54) is 6.26 Å². The van der Waals surface area contributed by atoms with Crippen molar-refractivity contribution in [2.24, 2.45) is 0 Å². The number of hydrogen-bond donors (Lipinski definition) is 1. The number of rotatable bonds is 4. The summed E-state index contributed by atoms with van der Waals surface area (Å²) in [6.45, 7) is 1.78. The summed E-state index contributed by atoms with van der Waals surface area (Å²) in [5.74, 6) is -1.21. The fourth-order valence-corrected chi connectivity index (χ4v) is 1.67. The Kier molecular flexibility index (Phi) is 3.66. The molecule has 1 aromatic carbocycles. The second kappa shape index (κ2) is 5.39. The highest BCUT2D eigenvalue weighted by molar-refractivity contribution is 6.03. The second-order valence-corrected chi connectivity index (χ2v) is 4.13. The van der Waals surface area contributed by atoms with E-state index in [2.05, 4.69) is 5.32 Å². The molecular weight excluding hydrogens is 246 g/mol.